The van der Waals surface area contributed by atoms with E-state index < -0.39 is 0 Å². The minimum atomic E-state index is 0.156. The van der Waals surface area contributed by atoms with Crippen molar-refractivity contribution in [3.05, 3.63) is 18.6 Å². The largest absolute Gasteiger partial charge is 0.353 e. The Bertz CT molecular complexity index is 382. The average Bonchev–Trinajstić information content (AvgIpc) is 2.40. The summed E-state index contributed by atoms with van der Waals surface area (Å²) in [5.74, 6) is 1.05. The Balaban J connectivity index is 1.91. The number of anilines is 1. The van der Waals surface area contributed by atoms with E-state index in [0.717, 1.165) is 38.2 Å². The van der Waals surface area contributed by atoms with Crippen molar-refractivity contribution in [2.75, 3.05) is 18.0 Å². The maximum Gasteiger partial charge on any atom is 0.220 e. The zero-order valence-electron chi connectivity index (χ0n) is 10.8. The van der Waals surface area contributed by atoms with Gasteiger partial charge in [0.1, 0.15) is 5.82 Å². The van der Waals surface area contributed by atoms with E-state index in [4.69, 9.17) is 0 Å². The Morgan fingerprint density at radius 1 is 1.56 bits per heavy atom. The van der Waals surface area contributed by atoms with Gasteiger partial charge in [-0.05, 0) is 19.3 Å². The molecule has 1 unspecified atom stereocenters. The van der Waals surface area contributed by atoms with Crippen molar-refractivity contribution in [1.82, 2.24) is 15.3 Å². The summed E-state index contributed by atoms with van der Waals surface area (Å²) in [6.45, 7) is 3.83. The number of rotatable bonds is 4. The summed E-state index contributed by atoms with van der Waals surface area (Å²) in [6, 6.07) is 0.236. The number of piperidine rings is 1. The summed E-state index contributed by atoms with van der Waals surface area (Å²) in [5, 5.41) is 3.09. The lowest BCUT2D eigenvalue weighted by molar-refractivity contribution is -0.121. The van der Waals surface area contributed by atoms with Gasteiger partial charge in [-0.1, -0.05) is 6.92 Å². The second kappa shape index (κ2) is 6.33. The third-order valence-corrected chi connectivity index (χ3v) is 3.14. The molecule has 18 heavy (non-hydrogen) atoms. The predicted molar refractivity (Wildman–Crippen MR) is 70.3 cm³/mol. The van der Waals surface area contributed by atoms with E-state index in [0.29, 0.717) is 6.42 Å². The highest BCUT2D eigenvalue weighted by Crippen LogP contribution is 2.16. The zero-order valence-corrected chi connectivity index (χ0v) is 10.8. The molecule has 1 atom stereocenters. The Morgan fingerprint density at radius 3 is 3.17 bits per heavy atom. The lowest BCUT2D eigenvalue weighted by Gasteiger charge is -2.33. The van der Waals surface area contributed by atoms with Crippen LogP contribution in [-0.4, -0.2) is 35.0 Å². The van der Waals surface area contributed by atoms with Crippen molar-refractivity contribution < 1.29 is 4.79 Å². The van der Waals surface area contributed by atoms with Crippen LogP contribution >= 0.6 is 0 Å². The highest BCUT2D eigenvalue weighted by atomic mass is 16.1. The van der Waals surface area contributed by atoms with E-state index in [1.54, 1.807) is 18.6 Å². The fourth-order valence-electron chi connectivity index (χ4n) is 2.28. The summed E-state index contributed by atoms with van der Waals surface area (Å²) in [4.78, 5) is 22.2. The zero-order chi connectivity index (χ0) is 12.8. The van der Waals surface area contributed by atoms with Crippen LogP contribution in [0.4, 0.5) is 5.82 Å². The number of hydrogen-bond acceptors (Lipinski definition) is 4. The molecule has 2 heterocycles. The molecule has 0 spiro atoms. The Kier molecular flexibility index (Phi) is 4.50. The first-order chi connectivity index (χ1) is 8.79. The molecule has 1 aliphatic rings. The summed E-state index contributed by atoms with van der Waals surface area (Å²) in [6.07, 6.45) is 8.78. The van der Waals surface area contributed by atoms with Gasteiger partial charge in [0.05, 0.1) is 6.20 Å². The number of carbonyl (C=O) groups is 1. The first-order valence-electron chi connectivity index (χ1n) is 6.60. The van der Waals surface area contributed by atoms with E-state index in [-0.39, 0.29) is 11.9 Å². The smallest absolute Gasteiger partial charge is 0.220 e. The molecule has 0 bridgehead atoms. The number of nitrogens with one attached hydrogen (secondary N) is 1. The molecular formula is C13H20N4O. The second-order valence-corrected chi connectivity index (χ2v) is 4.67. The van der Waals surface area contributed by atoms with E-state index in [1.165, 1.54) is 0 Å². The van der Waals surface area contributed by atoms with Crippen LogP contribution in [-0.2, 0) is 4.79 Å². The van der Waals surface area contributed by atoms with Crippen molar-refractivity contribution in [1.29, 1.82) is 0 Å². The summed E-state index contributed by atoms with van der Waals surface area (Å²) in [7, 11) is 0. The van der Waals surface area contributed by atoms with Gasteiger partial charge in [-0.15, -0.1) is 0 Å². The Hall–Kier alpha value is -1.65. The minimum Gasteiger partial charge on any atom is -0.353 e. The average molecular weight is 248 g/mol. The molecule has 0 radical (unpaired) electrons. The standard InChI is InChI=1S/C13H20N4O/c1-2-4-13(18)16-11-5-3-8-17(10-11)12-9-14-6-7-15-12/h6-7,9,11H,2-5,8,10H2,1H3,(H,16,18). The summed E-state index contributed by atoms with van der Waals surface area (Å²) in [5.41, 5.74) is 0. The van der Waals surface area contributed by atoms with Gasteiger partial charge in [0, 0.05) is 37.9 Å². The lowest BCUT2D eigenvalue weighted by atomic mass is 10.1. The summed E-state index contributed by atoms with van der Waals surface area (Å²) >= 11 is 0. The molecular weight excluding hydrogens is 228 g/mol. The Morgan fingerprint density at radius 2 is 2.44 bits per heavy atom. The maximum absolute atomic E-state index is 11.6. The molecule has 0 aromatic carbocycles. The van der Waals surface area contributed by atoms with Crippen LogP contribution < -0.4 is 10.2 Å². The van der Waals surface area contributed by atoms with E-state index in [9.17, 15) is 4.79 Å². The normalized spacial score (nSPS) is 19.6. The van der Waals surface area contributed by atoms with Gasteiger partial charge in [0.25, 0.3) is 0 Å². The molecule has 0 aliphatic carbocycles. The number of nitrogens with zero attached hydrogens (tertiary/aromatic N) is 3. The molecule has 1 aromatic rings. The van der Waals surface area contributed by atoms with E-state index in [1.807, 2.05) is 6.92 Å². The summed E-state index contributed by atoms with van der Waals surface area (Å²) < 4.78 is 0. The molecule has 2 rings (SSSR count). The Labute approximate surface area is 108 Å². The molecule has 1 amide bonds. The highest BCUT2D eigenvalue weighted by molar-refractivity contribution is 5.76. The molecule has 98 valence electrons. The third-order valence-electron chi connectivity index (χ3n) is 3.14. The third kappa shape index (κ3) is 3.42. The van der Waals surface area contributed by atoms with Gasteiger partial charge < -0.3 is 10.2 Å². The molecule has 1 aliphatic heterocycles. The number of hydrogen-bond donors (Lipinski definition) is 1. The van der Waals surface area contributed by atoms with Crippen molar-refractivity contribution in [3.8, 4) is 0 Å². The first kappa shape index (κ1) is 12.8. The molecule has 5 heteroatoms. The fourth-order valence-corrected chi connectivity index (χ4v) is 2.28. The van der Waals surface area contributed by atoms with Crippen molar-refractivity contribution in [3.63, 3.8) is 0 Å². The molecule has 1 aromatic heterocycles. The van der Waals surface area contributed by atoms with Crippen molar-refractivity contribution in [2.45, 2.75) is 38.6 Å². The molecule has 1 saturated heterocycles. The predicted octanol–water partition coefficient (Wildman–Crippen LogP) is 1.36. The highest BCUT2D eigenvalue weighted by Gasteiger charge is 2.21. The van der Waals surface area contributed by atoms with Crippen LogP contribution in [0.5, 0.6) is 0 Å². The van der Waals surface area contributed by atoms with Crippen LogP contribution in [0.3, 0.4) is 0 Å². The van der Waals surface area contributed by atoms with Gasteiger partial charge in [0.15, 0.2) is 0 Å². The van der Waals surface area contributed by atoms with Gasteiger partial charge in [-0.3, -0.25) is 9.78 Å². The topological polar surface area (TPSA) is 58.1 Å². The molecule has 0 saturated carbocycles. The van der Waals surface area contributed by atoms with Gasteiger partial charge in [-0.25, -0.2) is 4.98 Å². The maximum atomic E-state index is 11.6. The fraction of sp³-hybridized carbons (Fsp3) is 0.615. The van der Waals surface area contributed by atoms with E-state index in [2.05, 4.69) is 20.2 Å². The first-order valence-corrected chi connectivity index (χ1v) is 6.60. The van der Waals surface area contributed by atoms with Crippen molar-refractivity contribution in [2.24, 2.45) is 0 Å². The van der Waals surface area contributed by atoms with Gasteiger partial charge >= 0.3 is 0 Å². The van der Waals surface area contributed by atoms with Crippen LogP contribution in [0.25, 0.3) is 0 Å². The monoisotopic (exact) mass is 248 g/mol. The van der Waals surface area contributed by atoms with Crippen LogP contribution in [0.2, 0.25) is 0 Å². The molecule has 1 fully saturated rings. The number of carbonyl (C=O) groups excluding carboxylic acids is 1. The van der Waals surface area contributed by atoms with Crippen LogP contribution in [0.15, 0.2) is 18.6 Å². The SMILES string of the molecule is CCCC(=O)NC1CCCN(c2cnccn2)C1. The van der Waals surface area contributed by atoms with Crippen LogP contribution in [0, 0.1) is 0 Å². The number of aromatic nitrogens is 2. The minimum absolute atomic E-state index is 0.156. The van der Waals surface area contributed by atoms with E-state index >= 15 is 0 Å². The quantitative estimate of drug-likeness (QED) is 0.874. The van der Waals surface area contributed by atoms with Gasteiger partial charge in [-0.2, -0.15) is 0 Å². The van der Waals surface area contributed by atoms with Crippen LogP contribution in [0.1, 0.15) is 32.6 Å². The second-order valence-electron chi connectivity index (χ2n) is 4.67. The van der Waals surface area contributed by atoms with Crippen molar-refractivity contribution >= 4 is 11.7 Å². The van der Waals surface area contributed by atoms with Gasteiger partial charge in [0.2, 0.25) is 5.91 Å². The molecule has 1 N–H and O–H groups in total. The number of amides is 1. The lowest BCUT2D eigenvalue weighted by Crippen LogP contribution is -2.48. The molecule has 5 nitrogen and oxygen atoms in total.